The van der Waals surface area contributed by atoms with Crippen LogP contribution in [0.4, 0.5) is 0 Å². The standard InChI is InChI=1S/C20H14O2S/c1-2-5-15(6-3-1)18-12-13-20(22-18)19-11-9-16(21-19)8-10-17-7-4-14-23-17/h1-14H/b10-8+. The van der Waals surface area contributed by atoms with Gasteiger partial charge in [-0.2, -0.15) is 0 Å². The summed E-state index contributed by atoms with van der Waals surface area (Å²) in [7, 11) is 0. The fraction of sp³-hybridized carbons (Fsp3) is 0. The second-order valence-electron chi connectivity index (χ2n) is 5.08. The van der Waals surface area contributed by atoms with Crippen molar-refractivity contribution in [3.8, 4) is 22.8 Å². The van der Waals surface area contributed by atoms with Gasteiger partial charge in [-0.05, 0) is 47.9 Å². The molecule has 4 aromatic rings. The molecule has 0 atom stereocenters. The fourth-order valence-electron chi connectivity index (χ4n) is 2.35. The Labute approximate surface area is 138 Å². The molecule has 0 aliphatic rings. The molecule has 3 heterocycles. The first kappa shape index (κ1) is 13.9. The van der Waals surface area contributed by atoms with Crippen LogP contribution >= 0.6 is 11.3 Å². The summed E-state index contributed by atoms with van der Waals surface area (Å²) in [5.74, 6) is 3.12. The minimum atomic E-state index is 0.734. The van der Waals surface area contributed by atoms with Crippen LogP contribution < -0.4 is 0 Å². The van der Waals surface area contributed by atoms with E-state index in [2.05, 4.69) is 11.4 Å². The van der Waals surface area contributed by atoms with E-state index in [0.717, 1.165) is 28.6 Å². The van der Waals surface area contributed by atoms with Crippen LogP contribution in [-0.2, 0) is 0 Å². The van der Waals surface area contributed by atoms with Crippen molar-refractivity contribution in [2.75, 3.05) is 0 Å². The van der Waals surface area contributed by atoms with Crippen molar-refractivity contribution in [2.45, 2.75) is 0 Å². The van der Waals surface area contributed by atoms with Crippen LogP contribution in [0, 0.1) is 0 Å². The number of thiophene rings is 1. The minimum absolute atomic E-state index is 0.734. The summed E-state index contributed by atoms with van der Waals surface area (Å²) < 4.78 is 11.7. The molecule has 0 unspecified atom stereocenters. The number of hydrogen-bond acceptors (Lipinski definition) is 3. The molecule has 0 amide bonds. The molecule has 3 aromatic heterocycles. The molecule has 2 nitrogen and oxygen atoms in total. The largest absolute Gasteiger partial charge is 0.453 e. The third-order valence-corrected chi connectivity index (χ3v) is 4.33. The highest BCUT2D eigenvalue weighted by Gasteiger charge is 2.09. The normalized spacial score (nSPS) is 11.3. The van der Waals surface area contributed by atoms with Crippen molar-refractivity contribution in [3.63, 3.8) is 0 Å². The van der Waals surface area contributed by atoms with Gasteiger partial charge >= 0.3 is 0 Å². The molecule has 0 bridgehead atoms. The maximum absolute atomic E-state index is 5.90. The molecule has 23 heavy (non-hydrogen) atoms. The van der Waals surface area contributed by atoms with E-state index < -0.39 is 0 Å². The van der Waals surface area contributed by atoms with E-state index in [4.69, 9.17) is 8.83 Å². The first-order chi connectivity index (χ1) is 11.4. The molecule has 0 fully saturated rings. The Kier molecular flexibility index (Phi) is 3.70. The lowest BCUT2D eigenvalue weighted by molar-refractivity contribution is 0.526. The fourth-order valence-corrected chi connectivity index (χ4v) is 2.97. The van der Waals surface area contributed by atoms with Crippen LogP contribution in [0.2, 0.25) is 0 Å². The van der Waals surface area contributed by atoms with Crippen LogP contribution in [0.3, 0.4) is 0 Å². The highest BCUT2D eigenvalue weighted by molar-refractivity contribution is 7.10. The maximum Gasteiger partial charge on any atom is 0.170 e. The first-order valence-electron chi connectivity index (χ1n) is 7.35. The van der Waals surface area contributed by atoms with Gasteiger partial charge in [0.15, 0.2) is 11.5 Å². The summed E-state index contributed by atoms with van der Waals surface area (Å²) in [6.45, 7) is 0. The van der Waals surface area contributed by atoms with Crippen molar-refractivity contribution >= 4 is 23.5 Å². The lowest BCUT2D eigenvalue weighted by Crippen LogP contribution is -1.70. The van der Waals surface area contributed by atoms with Crippen LogP contribution in [-0.4, -0.2) is 0 Å². The summed E-state index contributed by atoms with van der Waals surface area (Å²) in [6, 6.07) is 21.9. The van der Waals surface area contributed by atoms with E-state index in [1.165, 1.54) is 4.88 Å². The zero-order valence-electron chi connectivity index (χ0n) is 12.3. The average molecular weight is 318 g/mol. The van der Waals surface area contributed by atoms with Gasteiger partial charge in [-0.3, -0.25) is 0 Å². The zero-order valence-corrected chi connectivity index (χ0v) is 13.1. The Balaban J connectivity index is 1.56. The topological polar surface area (TPSA) is 26.3 Å². The van der Waals surface area contributed by atoms with E-state index in [9.17, 15) is 0 Å². The van der Waals surface area contributed by atoms with E-state index in [1.807, 2.05) is 72.8 Å². The maximum atomic E-state index is 5.90. The molecule has 1 aromatic carbocycles. The van der Waals surface area contributed by atoms with Crippen molar-refractivity contribution in [2.24, 2.45) is 0 Å². The van der Waals surface area contributed by atoms with Crippen LogP contribution in [0.15, 0.2) is 80.9 Å². The smallest absolute Gasteiger partial charge is 0.170 e. The second kappa shape index (κ2) is 6.15. The highest BCUT2D eigenvalue weighted by Crippen LogP contribution is 2.30. The molecule has 0 aliphatic heterocycles. The Morgan fingerprint density at radius 2 is 1.43 bits per heavy atom. The predicted molar refractivity (Wildman–Crippen MR) is 95.1 cm³/mol. The van der Waals surface area contributed by atoms with Gasteiger partial charge < -0.3 is 8.83 Å². The molecule has 4 rings (SSSR count). The SMILES string of the molecule is C(=C\c1cccs1)/c1ccc(-c2ccc(-c3ccccc3)o2)o1. The van der Waals surface area contributed by atoms with Crippen molar-refractivity contribution in [1.82, 2.24) is 0 Å². The van der Waals surface area contributed by atoms with Crippen molar-refractivity contribution < 1.29 is 8.83 Å². The molecule has 0 spiro atoms. The lowest BCUT2D eigenvalue weighted by atomic mass is 10.2. The van der Waals surface area contributed by atoms with Crippen LogP contribution in [0.1, 0.15) is 10.6 Å². The zero-order chi connectivity index (χ0) is 15.5. The molecule has 0 saturated carbocycles. The van der Waals surface area contributed by atoms with Crippen LogP contribution in [0.25, 0.3) is 35.0 Å². The molecule has 0 radical (unpaired) electrons. The van der Waals surface area contributed by atoms with Gasteiger partial charge in [-0.15, -0.1) is 11.3 Å². The Hall–Kier alpha value is -2.78. The van der Waals surface area contributed by atoms with Gasteiger partial charge in [0.2, 0.25) is 0 Å². The number of benzene rings is 1. The predicted octanol–water partition coefficient (Wildman–Crippen LogP) is 6.44. The number of hydrogen-bond donors (Lipinski definition) is 0. The van der Waals surface area contributed by atoms with Gasteiger partial charge in [-0.1, -0.05) is 36.4 Å². The quantitative estimate of drug-likeness (QED) is 0.433. The molecule has 112 valence electrons. The molecular weight excluding hydrogens is 304 g/mol. The van der Waals surface area contributed by atoms with E-state index in [1.54, 1.807) is 11.3 Å². The Morgan fingerprint density at radius 3 is 2.26 bits per heavy atom. The Morgan fingerprint density at radius 1 is 0.652 bits per heavy atom. The van der Waals surface area contributed by atoms with Gasteiger partial charge in [-0.25, -0.2) is 0 Å². The minimum Gasteiger partial charge on any atom is -0.453 e. The summed E-state index contributed by atoms with van der Waals surface area (Å²) in [4.78, 5) is 1.20. The summed E-state index contributed by atoms with van der Waals surface area (Å²) in [5.41, 5.74) is 1.06. The third kappa shape index (κ3) is 3.05. The van der Waals surface area contributed by atoms with Gasteiger partial charge in [0.1, 0.15) is 11.5 Å². The molecular formula is C20H14O2S. The average Bonchev–Trinajstić information content (AvgIpc) is 3.34. The number of furan rings is 2. The van der Waals surface area contributed by atoms with E-state index in [0.29, 0.717) is 0 Å². The summed E-state index contributed by atoms with van der Waals surface area (Å²) in [6.07, 6.45) is 4.02. The van der Waals surface area contributed by atoms with Crippen molar-refractivity contribution in [3.05, 3.63) is 82.7 Å². The monoisotopic (exact) mass is 318 g/mol. The molecule has 0 saturated heterocycles. The Bertz CT molecular complexity index is 912. The highest BCUT2D eigenvalue weighted by atomic mass is 32.1. The summed E-state index contributed by atoms with van der Waals surface area (Å²) >= 11 is 1.70. The molecule has 0 N–H and O–H groups in total. The van der Waals surface area contributed by atoms with E-state index >= 15 is 0 Å². The second-order valence-corrected chi connectivity index (χ2v) is 6.06. The van der Waals surface area contributed by atoms with Crippen LogP contribution in [0.5, 0.6) is 0 Å². The first-order valence-corrected chi connectivity index (χ1v) is 8.23. The van der Waals surface area contributed by atoms with Gasteiger partial charge in [0.25, 0.3) is 0 Å². The van der Waals surface area contributed by atoms with E-state index in [-0.39, 0.29) is 0 Å². The molecule has 0 aliphatic carbocycles. The van der Waals surface area contributed by atoms with Gasteiger partial charge in [0.05, 0.1) is 0 Å². The van der Waals surface area contributed by atoms with Crippen molar-refractivity contribution in [1.29, 1.82) is 0 Å². The van der Waals surface area contributed by atoms with Gasteiger partial charge in [0, 0.05) is 10.4 Å². The number of rotatable bonds is 4. The molecule has 3 heteroatoms. The lowest BCUT2D eigenvalue weighted by Gasteiger charge is -1.95. The summed E-state index contributed by atoms with van der Waals surface area (Å²) in [5, 5.41) is 2.06. The third-order valence-electron chi connectivity index (χ3n) is 3.49.